The average molecular weight is 694 g/mol. The molecule has 0 heterocycles. The van der Waals surface area contributed by atoms with E-state index >= 15 is 22.0 Å². The Bertz CT molecular complexity index is 1950. The van der Waals surface area contributed by atoms with Crippen molar-refractivity contribution in [2.75, 3.05) is 0 Å². The summed E-state index contributed by atoms with van der Waals surface area (Å²) in [5, 5.41) is 0. The second-order valence-electron chi connectivity index (χ2n) is 9.91. The van der Waals surface area contributed by atoms with Crippen LogP contribution in [0.4, 0.5) is 74.6 Å². The smallest absolute Gasteiger partial charge is 0.369 e. The van der Waals surface area contributed by atoms with E-state index in [1.54, 1.807) is 0 Å². The molecule has 0 amide bonds. The summed E-state index contributed by atoms with van der Waals surface area (Å²) < 4.78 is 259. The van der Waals surface area contributed by atoms with Crippen LogP contribution in [-0.2, 0) is 21.0 Å². The van der Waals surface area contributed by atoms with Gasteiger partial charge in [-0.2, -0.15) is 8.78 Å². The molecule has 0 aliphatic heterocycles. The summed E-state index contributed by atoms with van der Waals surface area (Å²) in [5.74, 6) is -55.4. The Hall–Kier alpha value is -4.33. The van der Waals surface area contributed by atoms with Crippen LogP contribution in [0.15, 0.2) is 35.7 Å². The fraction of sp³-hybridized carbons (Fsp3) is 0.111. The summed E-state index contributed by atoms with van der Waals surface area (Å²) in [6.45, 7) is 0. The summed E-state index contributed by atoms with van der Waals surface area (Å²) in [6.07, 6.45) is 0. The third-order valence-corrected chi connectivity index (χ3v) is 7.48. The van der Waals surface area contributed by atoms with E-state index in [0.717, 1.165) is 0 Å². The highest BCUT2D eigenvalue weighted by Crippen LogP contribution is 2.58. The van der Waals surface area contributed by atoms with Gasteiger partial charge in [0.1, 0.15) is 11.6 Å². The summed E-state index contributed by atoms with van der Waals surface area (Å²) in [6, 6.07) is 1.61. The van der Waals surface area contributed by atoms with E-state index in [-0.39, 0.29) is 0 Å². The fourth-order valence-electron chi connectivity index (χ4n) is 5.39. The molecule has 0 saturated carbocycles. The number of halogens is 17. The molecule has 0 N–H and O–H groups in total. The van der Waals surface area contributed by atoms with Gasteiger partial charge in [0, 0.05) is 0 Å². The van der Waals surface area contributed by atoms with Gasteiger partial charge >= 0.3 is 7.12 Å². The van der Waals surface area contributed by atoms with Crippen LogP contribution in [-0.4, -0.2) is 7.12 Å². The van der Waals surface area contributed by atoms with E-state index in [1.807, 2.05) is 0 Å². The van der Waals surface area contributed by atoms with Crippen molar-refractivity contribution >= 4 is 24.6 Å². The predicted molar refractivity (Wildman–Crippen MR) is 123 cm³/mol. The second kappa shape index (κ2) is 10.3. The molecule has 0 bridgehead atoms. The maximum Gasteiger partial charge on any atom is 0.477 e. The molecule has 0 fully saturated rings. The first kappa shape index (κ1) is 32.6. The van der Waals surface area contributed by atoms with Crippen molar-refractivity contribution in [1.82, 2.24) is 0 Å². The maximum absolute atomic E-state index is 16.3. The SMILES string of the molecule is FC1=C(F)C(B(OC2(F)C(F)=C(F)c3c(F)c(F)c(F)c(F)c32)OC2(F)C(F)=C(F)c3c(F)c(F)c(F)c(F)c32)c2cccc(F)c21. The Labute approximate surface area is 248 Å². The zero-order chi connectivity index (χ0) is 34.8. The van der Waals surface area contributed by atoms with E-state index in [4.69, 9.17) is 0 Å². The Balaban J connectivity index is 1.61. The van der Waals surface area contributed by atoms with Crippen LogP contribution < -0.4 is 0 Å². The number of benzene rings is 3. The van der Waals surface area contributed by atoms with Gasteiger partial charge in [-0.15, -0.1) is 0 Å². The molecule has 246 valence electrons. The molecule has 3 aromatic rings. The van der Waals surface area contributed by atoms with E-state index in [9.17, 15) is 52.7 Å². The van der Waals surface area contributed by atoms with Crippen molar-refractivity contribution in [3.8, 4) is 0 Å². The molecular formula is C27H4BF17O2. The van der Waals surface area contributed by atoms with E-state index < -0.39 is 145 Å². The van der Waals surface area contributed by atoms with Crippen molar-refractivity contribution in [1.29, 1.82) is 0 Å². The first-order valence-corrected chi connectivity index (χ1v) is 12.2. The minimum absolute atomic E-state index is 0.457. The van der Waals surface area contributed by atoms with Crippen molar-refractivity contribution in [3.05, 3.63) is 121 Å². The molecule has 0 spiro atoms. The lowest BCUT2D eigenvalue weighted by Crippen LogP contribution is -2.44. The number of hydrogen-bond donors (Lipinski definition) is 0. The number of allylic oxidation sites excluding steroid dienone is 1. The van der Waals surface area contributed by atoms with Crippen molar-refractivity contribution in [2.45, 2.75) is 17.5 Å². The van der Waals surface area contributed by atoms with Gasteiger partial charge in [0.05, 0.1) is 33.6 Å². The second-order valence-corrected chi connectivity index (χ2v) is 9.91. The number of hydrogen-bond acceptors (Lipinski definition) is 2. The Morgan fingerprint density at radius 3 is 1.32 bits per heavy atom. The largest absolute Gasteiger partial charge is 0.477 e. The molecule has 3 aliphatic rings. The van der Waals surface area contributed by atoms with Gasteiger partial charge < -0.3 is 9.31 Å². The molecule has 3 aromatic carbocycles. The lowest BCUT2D eigenvalue weighted by Gasteiger charge is -2.33. The molecule has 3 aliphatic carbocycles. The van der Waals surface area contributed by atoms with E-state index in [2.05, 4.69) is 9.31 Å². The molecule has 0 radical (unpaired) electrons. The minimum atomic E-state index is -5.27. The Morgan fingerprint density at radius 1 is 0.489 bits per heavy atom. The van der Waals surface area contributed by atoms with Gasteiger partial charge in [0.15, 0.2) is 64.0 Å². The Morgan fingerprint density at radius 2 is 0.894 bits per heavy atom. The number of fused-ring (bicyclic) bond motifs is 3. The zero-order valence-corrected chi connectivity index (χ0v) is 21.6. The van der Waals surface area contributed by atoms with Gasteiger partial charge in [-0.1, -0.05) is 12.1 Å². The normalized spacial score (nSPS) is 23.3. The van der Waals surface area contributed by atoms with Crippen LogP contribution in [0.5, 0.6) is 0 Å². The summed E-state index contributed by atoms with van der Waals surface area (Å²) in [5.41, 5.74) is -12.5. The van der Waals surface area contributed by atoms with Crippen molar-refractivity contribution < 1.29 is 83.9 Å². The van der Waals surface area contributed by atoms with Crippen LogP contribution in [0.2, 0.25) is 0 Å². The topological polar surface area (TPSA) is 18.5 Å². The molecule has 47 heavy (non-hydrogen) atoms. The van der Waals surface area contributed by atoms with E-state index in [1.165, 1.54) is 0 Å². The number of alkyl halides is 2. The number of rotatable bonds is 5. The van der Waals surface area contributed by atoms with Crippen LogP contribution in [0.3, 0.4) is 0 Å². The monoisotopic (exact) mass is 694 g/mol. The van der Waals surface area contributed by atoms with Crippen molar-refractivity contribution in [3.63, 3.8) is 0 Å². The molecular weight excluding hydrogens is 690 g/mol. The first-order chi connectivity index (χ1) is 21.8. The molecule has 0 aromatic heterocycles. The highest BCUT2D eigenvalue weighted by atomic mass is 19.2. The fourth-order valence-corrected chi connectivity index (χ4v) is 5.39. The molecule has 20 heteroatoms. The molecule has 2 nitrogen and oxygen atoms in total. The van der Waals surface area contributed by atoms with Crippen LogP contribution in [0.25, 0.3) is 17.5 Å². The van der Waals surface area contributed by atoms with E-state index in [0.29, 0.717) is 18.2 Å². The summed E-state index contributed by atoms with van der Waals surface area (Å²) >= 11 is 0. The van der Waals surface area contributed by atoms with Gasteiger partial charge in [0.2, 0.25) is 11.7 Å². The van der Waals surface area contributed by atoms with Gasteiger partial charge in [-0.05, 0) is 11.6 Å². The molecule has 3 atom stereocenters. The quantitative estimate of drug-likeness (QED) is 0.115. The van der Waals surface area contributed by atoms with Crippen LogP contribution in [0, 0.1) is 52.4 Å². The molecule has 6 rings (SSSR count). The predicted octanol–water partition coefficient (Wildman–Crippen LogP) is 9.59. The highest BCUT2D eigenvalue weighted by Gasteiger charge is 2.63. The third kappa shape index (κ3) is 4.02. The first-order valence-electron chi connectivity index (χ1n) is 12.2. The standard InChI is InChI=1S/C27H4BF17O2/c29-5-3-1-2-4-6(5)12(30)19(37)11(4)28(46-26(44)9-7(15(33)24(26)42)13(31)20(38)22(40)17(9)35)47-27(45)10-8(16(34)25(27)43)14(32)21(39)23(41)18(10)36/h1-3,11H. The molecule has 3 unspecified atom stereocenters. The van der Waals surface area contributed by atoms with Crippen molar-refractivity contribution in [2.24, 2.45) is 0 Å². The molecule has 0 saturated heterocycles. The average Bonchev–Trinajstić information content (AvgIpc) is 3.48. The minimum Gasteiger partial charge on any atom is -0.369 e. The van der Waals surface area contributed by atoms with Gasteiger partial charge in [-0.25, -0.2) is 65.9 Å². The third-order valence-electron chi connectivity index (χ3n) is 7.48. The zero-order valence-electron chi connectivity index (χ0n) is 21.6. The van der Waals surface area contributed by atoms with Gasteiger partial charge in [0.25, 0.3) is 11.7 Å². The lowest BCUT2D eigenvalue weighted by molar-refractivity contribution is -0.119. The van der Waals surface area contributed by atoms with Crippen LogP contribution in [0.1, 0.15) is 39.2 Å². The maximum atomic E-state index is 16.3. The lowest BCUT2D eigenvalue weighted by atomic mass is 9.67. The van der Waals surface area contributed by atoms with Gasteiger partial charge in [-0.3, -0.25) is 0 Å². The Kier molecular flexibility index (Phi) is 7.17. The summed E-state index contributed by atoms with van der Waals surface area (Å²) in [7, 11) is -3.89. The summed E-state index contributed by atoms with van der Waals surface area (Å²) in [4.78, 5) is 0. The van der Waals surface area contributed by atoms with Crippen LogP contribution >= 0.6 is 0 Å². The highest BCUT2D eigenvalue weighted by molar-refractivity contribution is 6.48.